The number of sulfonamides is 1. The molecule has 0 amide bonds. The minimum absolute atomic E-state index is 0.0318. The number of nitrogens with two attached hydrogens (primary N) is 1. The molecule has 1 aromatic rings. The largest absolute Gasteiger partial charge is 0.398 e. The van der Waals surface area contributed by atoms with Crippen LogP contribution in [0.15, 0.2) is 23.4 Å². The number of hydrogen-bond donors (Lipinski definition) is 2. The van der Waals surface area contributed by atoms with Crippen LogP contribution in [0.1, 0.15) is 25.7 Å². The number of hydrogen-bond acceptors (Lipinski definition) is 5. The van der Waals surface area contributed by atoms with Crippen molar-refractivity contribution in [2.24, 2.45) is 0 Å². The zero-order valence-corrected chi connectivity index (χ0v) is 12.6. The molecule has 0 aliphatic heterocycles. The molecule has 1 heterocycles. The Balaban J connectivity index is 2.12. The van der Waals surface area contributed by atoms with E-state index < -0.39 is 10.0 Å². The molecule has 106 valence electrons. The summed E-state index contributed by atoms with van der Waals surface area (Å²) in [6.45, 7) is 0.449. The third kappa shape index (κ3) is 3.21. The summed E-state index contributed by atoms with van der Waals surface area (Å²) in [5.74, 6) is 0. The highest BCUT2D eigenvalue weighted by Crippen LogP contribution is 2.39. The maximum Gasteiger partial charge on any atom is 0.244 e. The highest BCUT2D eigenvalue weighted by molar-refractivity contribution is 8.00. The molecule has 5 nitrogen and oxygen atoms in total. The molecule has 0 unspecified atom stereocenters. The predicted octanol–water partition coefficient (Wildman–Crippen LogP) is 1.62. The standard InChI is InChI=1S/C12H19N3O2S2/c1-18-12(5-2-3-6-12)9-15-19(16,17)11-8-14-7-4-10(11)13/h4,7-8,15H,2-3,5-6,9H2,1H3,(H2,13,14). The Bertz CT molecular complexity index is 540. The van der Waals surface area contributed by atoms with Crippen LogP contribution in [0.25, 0.3) is 0 Å². The Hall–Kier alpha value is -0.790. The van der Waals surface area contributed by atoms with Crippen molar-refractivity contribution < 1.29 is 8.42 Å². The van der Waals surface area contributed by atoms with Crippen LogP contribution in [0.4, 0.5) is 5.69 Å². The van der Waals surface area contributed by atoms with Crippen molar-refractivity contribution >= 4 is 27.5 Å². The third-order valence-corrected chi connectivity index (χ3v) is 6.50. The molecule has 19 heavy (non-hydrogen) atoms. The molecule has 1 aliphatic rings. The first-order valence-electron chi connectivity index (χ1n) is 6.23. The van der Waals surface area contributed by atoms with E-state index in [1.54, 1.807) is 11.8 Å². The summed E-state index contributed by atoms with van der Waals surface area (Å²) >= 11 is 1.75. The molecule has 2 rings (SSSR count). The van der Waals surface area contributed by atoms with Crippen LogP contribution in [-0.4, -0.2) is 30.9 Å². The zero-order valence-electron chi connectivity index (χ0n) is 10.9. The van der Waals surface area contributed by atoms with Crippen molar-refractivity contribution in [2.45, 2.75) is 35.3 Å². The number of nitrogens with one attached hydrogen (secondary N) is 1. The molecule has 1 fully saturated rings. The van der Waals surface area contributed by atoms with Gasteiger partial charge >= 0.3 is 0 Å². The molecular formula is C12H19N3O2S2. The van der Waals surface area contributed by atoms with Gasteiger partial charge in [0.25, 0.3) is 0 Å². The lowest BCUT2D eigenvalue weighted by atomic mass is 10.1. The summed E-state index contributed by atoms with van der Waals surface area (Å²) < 4.78 is 27.2. The van der Waals surface area contributed by atoms with Gasteiger partial charge in [0.05, 0.1) is 5.69 Å². The van der Waals surface area contributed by atoms with Gasteiger partial charge in [-0.2, -0.15) is 11.8 Å². The Morgan fingerprint density at radius 3 is 2.74 bits per heavy atom. The summed E-state index contributed by atoms with van der Waals surface area (Å²) in [5, 5.41) is 0. The first-order valence-corrected chi connectivity index (χ1v) is 8.94. The highest BCUT2D eigenvalue weighted by atomic mass is 32.2. The molecule has 0 aromatic carbocycles. The predicted molar refractivity (Wildman–Crippen MR) is 78.6 cm³/mol. The van der Waals surface area contributed by atoms with Crippen LogP contribution in [0, 0.1) is 0 Å². The topological polar surface area (TPSA) is 85.1 Å². The van der Waals surface area contributed by atoms with Gasteiger partial charge in [-0.1, -0.05) is 12.8 Å². The molecule has 1 saturated carbocycles. The van der Waals surface area contributed by atoms with Crippen LogP contribution in [-0.2, 0) is 10.0 Å². The molecule has 7 heteroatoms. The lowest BCUT2D eigenvalue weighted by molar-refractivity contribution is 0.551. The molecule has 3 N–H and O–H groups in total. The van der Waals surface area contributed by atoms with Gasteiger partial charge in [0.15, 0.2) is 0 Å². The van der Waals surface area contributed by atoms with Crippen molar-refractivity contribution in [3.63, 3.8) is 0 Å². The first kappa shape index (κ1) is 14.6. The number of nitrogen functional groups attached to an aromatic ring is 1. The highest BCUT2D eigenvalue weighted by Gasteiger charge is 2.34. The van der Waals surface area contributed by atoms with Gasteiger partial charge in [0.2, 0.25) is 10.0 Å². The fourth-order valence-electron chi connectivity index (χ4n) is 2.39. The smallest absolute Gasteiger partial charge is 0.244 e. The normalized spacial score (nSPS) is 18.6. The Labute approximate surface area is 118 Å². The second-order valence-electron chi connectivity index (χ2n) is 4.83. The minimum atomic E-state index is -3.58. The molecule has 0 radical (unpaired) electrons. The number of nitrogens with zero attached hydrogens (tertiary/aromatic N) is 1. The van der Waals surface area contributed by atoms with Gasteiger partial charge < -0.3 is 5.73 Å². The lowest BCUT2D eigenvalue weighted by Gasteiger charge is -2.26. The van der Waals surface area contributed by atoms with Crippen LogP contribution in [0.5, 0.6) is 0 Å². The second kappa shape index (κ2) is 5.68. The summed E-state index contributed by atoms with van der Waals surface area (Å²) in [6, 6.07) is 1.49. The van der Waals surface area contributed by atoms with Crippen molar-refractivity contribution in [2.75, 3.05) is 18.5 Å². The number of aromatic nitrogens is 1. The van der Waals surface area contributed by atoms with Gasteiger partial charge in [-0.15, -0.1) is 0 Å². The minimum Gasteiger partial charge on any atom is -0.398 e. The second-order valence-corrected chi connectivity index (χ2v) is 7.84. The molecule has 1 aromatic heterocycles. The number of thioether (sulfide) groups is 1. The van der Waals surface area contributed by atoms with E-state index in [2.05, 4.69) is 9.71 Å². The number of anilines is 1. The number of pyridine rings is 1. The first-order chi connectivity index (χ1) is 8.99. The average Bonchev–Trinajstić information content (AvgIpc) is 2.86. The van der Waals surface area contributed by atoms with E-state index in [0.717, 1.165) is 25.7 Å². The molecule has 0 saturated heterocycles. The fourth-order valence-corrected chi connectivity index (χ4v) is 4.60. The van der Waals surface area contributed by atoms with Crippen molar-refractivity contribution in [3.05, 3.63) is 18.5 Å². The molecule has 0 atom stereocenters. The van der Waals surface area contributed by atoms with E-state index >= 15 is 0 Å². The monoisotopic (exact) mass is 301 g/mol. The van der Waals surface area contributed by atoms with Crippen LogP contribution in [0.2, 0.25) is 0 Å². The SMILES string of the molecule is CSC1(CNS(=O)(=O)c2cnccc2N)CCCC1. The summed E-state index contributed by atoms with van der Waals surface area (Å²) in [4.78, 5) is 3.88. The van der Waals surface area contributed by atoms with E-state index in [9.17, 15) is 8.42 Å². The maximum atomic E-state index is 12.2. The van der Waals surface area contributed by atoms with E-state index in [0.29, 0.717) is 6.54 Å². The van der Waals surface area contributed by atoms with Crippen LogP contribution in [0.3, 0.4) is 0 Å². The maximum absolute atomic E-state index is 12.2. The Kier molecular flexibility index (Phi) is 4.37. The number of rotatable bonds is 5. The summed E-state index contributed by atoms with van der Waals surface area (Å²) in [7, 11) is -3.58. The van der Waals surface area contributed by atoms with Crippen LogP contribution < -0.4 is 10.5 Å². The molecule has 0 spiro atoms. The van der Waals surface area contributed by atoms with Gasteiger partial charge in [-0.05, 0) is 25.2 Å². The van der Waals surface area contributed by atoms with E-state index in [1.165, 1.54) is 18.5 Å². The van der Waals surface area contributed by atoms with Crippen molar-refractivity contribution in [1.29, 1.82) is 0 Å². The van der Waals surface area contributed by atoms with E-state index in [1.807, 2.05) is 6.26 Å². The molecule has 0 bridgehead atoms. The van der Waals surface area contributed by atoms with Gasteiger partial charge in [0.1, 0.15) is 4.90 Å². The van der Waals surface area contributed by atoms with Gasteiger partial charge in [-0.3, -0.25) is 4.98 Å². The lowest BCUT2D eigenvalue weighted by Crippen LogP contribution is -2.38. The molecular weight excluding hydrogens is 282 g/mol. The van der Waals surface area contributed by atoms with Crippen LogP contribution >= 0.6 is 11.8 Å². The van der Waals surface area contributed by atoms with E-state index in [4.69, 9.17) is 5.73 Å². The molecule has 1 aliphatic carbocycles. The van der Waals surface area contributed by atoms with Crippen molar-refractivity contribution in [3.8, 4) is 0 Å². The summed E-state index contributed by atoms with van der Waals surface area (Å²) in [6.07, 6.45) is 9.25. The Morgan fingerprint density at radius 1 is 1.47 bits per heavy atom. The quantitative estimate of drug-likeness (QED) is 0.863. The van der Waals surface area contributed by atoms with Gasteiger partial charge in [0, 0.05) is 23.7 Å². The zero-order chi connectivity index (χ0) is 13.9. The average molecular weight is 301 g/mol. The summed E-state index contributed by atoms with van der Waals surface area (Å²) in [5.41, 5.74) is 5.92. The van der Waals surface area contributed by atoms with Gasteiger partial charge in [-0.25, -0.2) is 13.1 Å². The fraction of sp³-hybridized carbons (Fsp3) is 0.583. The van der Waals surface area contributed by atoms with E-state index in [-0.39, 0.29) is 15.3 Å². The third-order valence-electron chi connectivity index (χ3n) is 3.64. The van der Waals surface area contributed by atoms with Crippen molar-refractivity contribution in [1.82, 2.24) is 9.71 Å². The Morgan fingerprint density at radius 2 is 2.16 bits per heavy atom.